The Kier molecular flexibility index (Phi) is 5.30. The molecule has 1 amide bonds. The number of carbonyl (C=O) groups excluding carboxylic acids is 1. The number of benzene rings is 2. The molecule has 1 fully saturated rings. The summed E-state index contributed by atoms with van der Waals surface area (Å²) in [5, 5.41) is 12.0. The van der Waals surface area contributed by atoms with Gasteiger partial charge < -0.3 is 4.52 Å². The zero-order valence-electron chi connectivity index (χ0n) is 17.0. The third-order valence-corrected chi connectivity index (χ3v) is 5.85. The number of aryl methyl sites for hydroxylation is 1. The summed E-state index contributed by atoms with van der Waals surface area (Å²) < 4.78 is 7.16. The molecule has 0 atom stereocenters. The number of hydrogen-bond donors (Lipinski definition) is 1. The number of para-hydroxylation sites is 1. The summed E-state index contributed by atoms with van der Waals surface area (Å²) in [4.78, 5) is 17.1. The highest BCUT2D eigenvalue weighted by Gasteiger charge is 2.30. The number of nitrogens with one attached hydrogen (secondary N) is 1. The monoisotopic (exact) mass is 431 g/mol. The topological polar surface area (TPSA) is 85.8 Å². The van der Waals surface area contributed by atoms with E-state index >= 15 is 0 Å². The quantitative estimate of drug-likeness (QED) is 0.422. The van der Waals surface area contributed by atoms with Gasteiger partial charge in [-0.15, -0.1) is 5.10 Å². The number of nitrogens with zero attached hydrogens (tertiary/aromatic N) is 4. The summed E-state index contributed by atoms with van der Waals surface area (Å²) in [6.45, 7) is 2.03. The molecule has 7 nitrogen and oxygen atoms in total. The van der Waals surface area contributed by atoms with E-state index in [4.69, 9.17) is 4.52 Å². The molecule has 31 heavy (non-hydrogen) atoms. The van der Waals surface area contributed by atoms with E-state index in [1.54, 1.807) is 6.07 Å². The molecule has 0 bridgehead atoms. The van der Waals surface area contributed by atoms with E-state index in [-0.39, 0.29) is 11.7 Å². The summed E-state index contributed by atoms with van der Waals surface area (Å²) in [7, 11) is 0. The largest absolute Gasteiger partial charge is 0.338 e. The molecule has 1 saturated carbocycles. The Bertz CT molecular complexity index is 1200. The van der Waals surface area contributed by atoms with Gasteiger partial charge in [0.2, 0.25) is 16.9 Å². The molecule has 0 saturated heterocycles. The van der Waals surface area contributed by atoms with Crippen molar-refractivity contribution < 1.29 is 9.32 Å². The Morgan fingerprint density at radius 1 is 1.16 bits per heavy atom. The van der Waals surface area contributed by atoms with Crippen LogP contribution in [0.15, 0.2) is 70.3 Å². The van der Waals surface area contributed by atoms with E-state index in [0.29, 0.717) is 22.7 Å². The average Bonchev–Trinajstić information content (AvgIpc) is 3.38. The fourth-order valence-electron chi connectivity index (χ4n) is 3.23. The molecule has 1 N–H and O–H groups in total. The fourth-order valence-corrected chi connectivity index (χ4v) is 3.86. The van der Waals surface area contributed by atoms with Crippen molar-refractivity contribution in [1.29, 1.82) is 0 Å². The zero-order valence-corrected chi connectivity index (χ0v) is 17.8. The van der Waals surface area contributed by atoms with Crippen LogP contribution in [0.2, 0.25) is 0 Å². The summed E-state index contributed by atoms with van der Waals surface area (Å²) in [5.41, 5.74) is 3.78. The van der Waals surface area contributed by atoms with Crippen LogP contribution in [0.25, 0.3) is 16.9 Å². The molecule has 0 spiro atoms. The average molecular weight is 432 g/mol. The number of aromatic nitrogens is 4. The highest BCUT2D eigenvalue weighted by Crippen LogP contribution is 2.40. The second-order valence-corrected chi connectivity index (χ2v) is 8.50. The standard InChI is InChI=1S/C23H21N5O2S/c1-15-7-9-16(10-8-15)19-13-21(30-27-19)24-20(29)14-31-23-25-22(17-11-12-17)28(26-23)18-5-3-2-4-6-18/h2-10,13,17H,11-12,14H2,1H3,(H,24,29). The lowest BCUT2D eigenvalue weighted by Gasteiger charge is -2.03. The van der Waals surface area contributed by atoms with Crippen molar-refractivity contribution in [1.82, 2.24) is 19.9 Å². The lowest BCUT2D eigenvalue weighted by molar-refractivity contribution is -0.113. The van der Waals surface area contributed by atoms with Gasteiger partial charge in [-0.05, 0) is 31.9 Å². The minimum absolute atomic E-state index is 0.184. The van der Waals surface area contributed by atoms with Gasteiger partial charge in [0.15, 0.2) is 0 Å². The van der Waals surface area contributed by atoms with Gasteiger partial charge in [-0.3, -0.25) is 10.1 Å². The first kappa shape index (κ1) is 19.6. The highest BCUT2D eigenvalue weighted by atomic mass is 32.2. The number of anilines is 1. The maximum absolute atomic E-state index is 12.4. The first-order chi connectivity index (χ1) is 15.2. The normalized spacial score (nSPS) is 13.3. The lowest BCUT2D eigenvalue weighted by atomic mass is 10.1. The van der Waals surface area contributed by atoms with Gasteiger partial charge in [0.1, 0.15) is 11.5 Å². The van der Waals surface area contributed by atoms with Crippen molar-refractivity contribution in [3.8, 4) is 16.9 Å². The Morgan fingerprint density at radius 3 is 2.68 bits per heavy atom. The van der Waals surface area contributed by atoms with Crippen LogP contribution in [-0.2, 0) is 4.79 Å². The number of thioether (sulfide) groups is 1. The van der Waals surface area contributed by atoms with Crippen molar-refractivity contribution in [2.24, 2.45) is 0 Å². The van der Waals surface area contributed by atoms with Crippen LogP contribution in [-0.4, -0.2) is 31.6 Å². The van der Waals surface area contributed by atoms with E-state index < -0.39 is 0 Å². The zero-order chi connectivity index (χ0) is 21.2. The number of rotatable bonds is 7. The van der Waals surface area contributed by atoms with Crippen molar-refractivity contribution in [3.63, 3.8) is 0 Å². The lowest BCUT2D eigenvalue weighted by Crippen LogP contribution is -2.13. The van der Waals surface area contributed by atoms with E-state index in [2.05, 4.69) is 20.6 Å². The molecule has 5 rings (SSSR count). The smallest absolute Gasteiger partial charge is 0.237 e. The van der Waals surface area contributed by atoms with Gasteiger partial charge in [-0.1, -0.05) is 64.9 Å². The molecular weight excluding hydrogens is 410 g/mol. The second kappa shape index (κ2) is 8.39. The summed E-state index contributed by atoms with van der Waals surface area (Å²) in [6, 6.07) is 19.7. The number of carbonyl (C=O) groups is 1. The van der Waals surface area contributed by atoms with Crippen LogP contribution in [0.1, 0.15) is 30.1 Å². The first-order valence-electron chi connectivity index (χ1n) is 10.1. The van der Waals surface area contributed by atoms with Gasteiger partial charge in [0.25, 0.3) is 0 Å². The van der Waals surface area contributed by atoms with Crippen LogP contribution in [0.3, 0.4) is 0 Å². The second-order valence-electron chi connectivity index (χ2n) is 7.55. The molecule has 0 unspecified atom stereocenters. The summed E-state index contributed by atoms with van der Waals surface area (Å²) >= 11 is 1.31. The number of hydrogen-bond acceptors (Lipinski definition) is 6. The Balaban J connectivity index is 1.23. The Morgan fingerprint density at radius 2 is 1.94 bits per heavy atom. The predicted molar refractivity (Wildman–Crippen MR) is 119 cm³/mol. The van der Waals surface area contributed by atoms with E-state index in [9.17, 15) is 4.79 Å². The molecule has 0 aliphatic heterocycles. The van der Waals surface area contributed by atoms with Crippen molar-refractivity contribution in [2.45, 2.75) is 30.8 Å². The third-order valence-electron chi connectivity index (χ3n) is 5.01. The summed E-state index contributed by atoms with van der Waals surface area (Å²) in [5.74, 6) is 1.73. The van der Waals surface area contributed by atoms with Gasteiger partial charge >= 0.3 is 0 Å². The van der Waals surface area contributed by atoms with Crippen LogP contribution in [0.5, 0.6) is 0 Å². The van der Waals surface area contributed by atoms with E-state index in [0.717, 1.165) is 29.9 Å². The van der Waals surface area contributed by atoms with Crippen LogP contribution in [0.4, 0.5) is 5.88 Å². The molecule has 0 radical (unpaired) electrons. The maximum Gasteiger partial charge on any atom is 0.237 e. The van der Waals surface area contributed by atoms with Crippen LogP contribution >= 0.6 is 11.8 Å². The molecule has 4 aromatic rings. The summed E-state index contributed by atoms with van der Waals surface area (Å²) in [6.07, 6.45) is 2.26. The molecule has 2 aromatic carbocycles. The molecule has 2 heterocycles. The number of amides is 1. The minimum Gasteiger partial charge on any atom is -0.338 e. The molecule has 156 valence electrons. The van der Waals surface area contributed by atoms with Crippen molar-refractivity contribution >= 4 is 23.6 Å². The molecule has 2 aromatic heterocycles. The Labute approximate surface area is 183 Å². The van der Waals surface area contributed by atoms with E-state index in [1.807, 2.05) is 66.2 Å². The maximum atomic E-state index is 12.4. The minimum atomic E-state index is -0.194. The van der Waals surface area contributed by atoms with Gasteiger partial charge in [0, 0.05) is 17.5 Å². The predicted octanol–water partition coefficient (Wildman–Crippen LogP) is 4.84. The molecular formula is C23H21N5O2S. The van der Waals surface area contributed by atoms with Crippen LogP contribution < -0.4 is 5.32 Å². The SMILES string of the molecule is Cc1ccc(-c2cc(NC(=O)CSc3nc(C4CC4)n(-c4ccccc4)n3)on2)cc1. The first-order valence-corrected chi connectivity index (χ1v) is 11.1. The Hall–Kier alpha value is -3.39. The van der Waals surface area contributed by atoms with Gasteiger partial charge in [-0.2, -0.15) is 0 Å². The van der Waals surface area contributed by atoms with Crippen molar-refractivity contribution in [2.75, 3.05) is 11.1 Å². The van der Waals surface area contributed by atoms with E-state index in [1.165, 1.54) is 17.3 Å². The van der Waals surface area contributed by atoms with Gasteiger partial charge in [-0.25, -0.2) is 9.67 Å². The third kappa shape index (κ3) is 4.54. The van der Waals surface area contributed by atoms with Crippen molar-refractivity contribution in [3.05, 3.63) is 72.1 Å². The molecule has 8 heteroatoms. The van der Waals surface area contributed by atoms with Gasteiger partial charge in [0.05, 0.1) is 11.4 Å². The molecule has 1 aliphatic carbocycles. The molecule has 1 aliphatic rings. The highest BCUT2D eigenvalue weighted by molar-refractivity contribution is 7.99. The fraction of sp³-hybridized carbons (Fsp3) is 0.217. The van der Waals surface area contributed by atoms with Crippen LogP contribution in [0, 0.1) is 6.92 Å².